The van der Waals surface area contributed by atoms with E-state index in [4.69, 9.17) is 5.73 Å². The van der Waals surface area contributed by atoms with E-state index in [1.807, 2.05) is 17.0 Å². The average molecular weight is 302 g/mol. The first-order valence-electron chi connectivity index (χ1n) is 7.58. The maximum atomic E-state index is 12.9. The first kappa shape index (κ1) is 14.4. The first-order chi connectivity index (χ1) is 9.99. The highest BCUT2D eigenvalue weighted by Gasteiger charge is 2.31. The summed E-state index contributed by atoms with van der Waals surface area (Å²) in [4.78, 5) is 15.6. The third-order valence-corrected chi connectivity index (χ3v) is 5.87. The van der Waals surface area contributed by atoms with E-state index in [0.29, 0.717) is 16.5 Å². The van der Waals surface area contributed by atoms with E-state index in [0.717, 1.165) is 23.1 Å². The number of hydrogen-bond acceptors (Lipinski definition) is 3. The second-order valence-electron chi connectivity index (χ2n) is 6.20. The van der Waals surface area contributed by atoms with Crippen molar-refractivity contribution in [3.8, 4) is 0 Å². The number of likely N-dealkylation sites (tertiary alicyclic amines) is 1. The standard InChI is InChI=1S/C17H22N2OS/c1-10-6-7-13-14(9-10)21-16(15(13)18)17(20)19-8-4-5-11(2)12(19)3/h6-7,9,11-12H,4-5,8,18H2,1-3H3. The third kappa shape index (κ3) is 2.42. The van der Waals surface area contributed by atoms with Gasteiger partial charge in [-0.3, -0.25) is 4.79 Å². The van der Waals surface area contributed by atoms with E-state index in [-0.39, 0.29) is 11.9 Å². The molecule has 2 atom stereocenters. The van der Waals surface area contributed by atoms with Gasteiger partial charge >= 0.3 is 0 Å². The molecule has 1 aliphatic rings. The number of nitrogen functional groups attached to an aromatic ring is 1. The predicted molar refractivity (Wildman–Crippen MR) is 89.9 cm³/mol. The molecule has 1 aromatic carbocycles. The lowest BCUT2D eigenvalue weighted by Crippen LogP contribution is -2.45. The SMILES string of the molecule is Cc1ccc2c(N)c(C(=O)N3CCCC(C)C3C)sc2c1. The molecule has 21 heavy (non-hydrogen) atoms. The van der Waals surface area contributed by atoms with Gasteiger partial charge in [-0.2, -0.15) is 0 Å². The number of amides is 1. The summed E-state index contributed by atoms with van der Waals surface area (Å²) in [6.07, 6.45) is 2.28. The Bertz CT molecular complexity index is 691. The van der Waals surface area contributed by atoms with E-state index < -0.39 is 0 Å². The molecule has 1 saturated heterocycles. The smallest absolute Gasteiger partial charge is 0.266 e. The molecule has 3 rings (SSSR count). The number of anilines is 1. The Balaban J connectivity index is 1.99. The summed E-state index contributed by atoms with van der Waals surface area (Å²) in [6.45, 7) is 7.28. The summed E-state index contributed by atoms with van der Waals surface area (Å²) in [6, 6.07) is 6.47. The average Bonchev–Trinajstić information content (AvgIpc) is 2.78. The summed E-state index contributed by atoms with van der Waals surface area (Å²) in [5.41, 5.74) is 8.08. The zero-order chi connectivity index (χ0) is 15.1. The summed E-state index contributed by atoms with van der Waals surface area (Å²) in [7, 11) is 0. The van der Waals surface area contributed by atoms with Crippen molar-refractivity contribution < 1.29 is 4.79 Å². The quantitative estimate of drug-likeness (QED) is 0.863. The van der Waals surface area contributed by atoms with Crippen LogP contribution in [0.4, 0.5) is 5.69 Å². The molecule has 0 spiro atoms. The Hall–Kier alpha value is -1.55. The van der Waals surface area contributed by atoms with E-state index in [1.54, 1.807) is 0 Å². The minimum Gasteiger partial charge on any atom is -0.397 e. The Morgan fingerprint density at radius 1 is 1.38 bits per heavy atom. The van der Waals surface area contributed by atoms with Crippen LogP contribution in [0.3, 0.4) is 0 Å². The van der Waals surface area contributed by atoms with Crippen molar-refractivity contribution in [3.05, 3.63) is 28.6 Å². The van der Waals surface area contributed by atoms with Crippen molar-refractivity contribution >= 4 is 33.0 Å². The van der Waals surface area contributed by atoms with Gasteiger partial charge in [-0.15, -0.1) is 11.3 Å². The molecule has 1 amide bonds. The van der Waals surface area contributed by atoms with Gasteiger partial charge < -0.3 is 10.6 Å². The molecule has 0 radical (unpaired) electrons. The van der Waals surface area contributed by atoms with Gasteiger partial charge in [-0.1, -0.05) is 19.1 Å². The van der Waals surface area contributed by atoms with Crippen LogP contribution in [0.1, 0.15) is 41.9 Å². The number of carbonyl (C=O) groups excluding carboxylic acids is 1. The molecule has 0 bridgehead atoms. The van der Waals surface area contributed by atoms with Gasteiger partial charge in [0.25, 0.3) is 5.91 Å². The van der Waals surface area contributed by atoms with Gasteiger partial charge in [0.2, 0.25) is 0 Å². The summed E-state index contributed by atoms with van der Waals surface area (Å²) in [5, 5.41) is 1.01. The van der Waals surface area contributed by atoms with Crippen LogP contribution in [0.25, 0.3) is 10.1 Å². The molecule has 4 heteroatoms. The van der Waals surface area contributed by atoms with Gasteiger partial charge in [0.05, 0.1) is 5.69 Å². The second-order valence-corrected chi connectivity index (χ2v) is 7.26. The van der Waals surface area contributed by atoms with Crippen molar-refractivity contribution in [2.24, 2.45) is 5.92 Å². The van der Waals surface area contributed by atoms with Crippen LogP contribution < -0.4 is 5.73 Å². The summed E-state index contributed by atoms with van der Waals surface area (Å²) in [5.74, 6) is 0.658. The highest BCUT2D eigenvalue weighted by Crippen LogP contribution is 2.36. The van der Waals surface area contributed by atoms with E-state index in [1.165, 1.54) is 23.3 Å². The molecule has 2 heterocycles. The maximum Gasteiger partial charge on any atom is 0.266 e. The fourth-order valence-corrected chi connectivity index (χ4v) is 4.31. The van der Waals surface area contributed by atoms with Gasteiger partial charge in [0, 0.05) is 22.7 Å². The van der Waals surface area contributed by atoms with Crippen LogP contribution in [0, 0.1) is 12.8 Å². The minimum absolute atomic E-state index is 0.102. The monoisotopic (exact) mass is 302 g/mol. The van der Waals surface area contributed by atoms with Crippen molar-refractivity contribution in [3.63, 3.8) is 0 Å². The minimum atomic E-state index is 0.102. The van der Waals surface area contributed by atoms with Gasteiger partial charge in [-0.25, -0.2) is 0 Å². The number of fused-ring (bicyclic) bond motifs is 1. The number of nitrogens with two attached hydrogens (primary N) is 1. The number of rotatable bonds is 1. The molecule has 0 aliphatic carbocycles. The molecule has 1 aliphatic heterocycles. The van der Waals surface area contributed by atoms with Crippen molar-refractivity contribution in [1.82, 2.24) is 4.90 Å². The molecular formula is C17H22N2OS. The van der Waals surface area contributed by atoms with E-state index >= 15 is 0 Å². The van der Waals surface area contributed by atoms with Crippen molar-refractivity contribution in [2.75, 3.05) is 12.3 Å². The lowest BCUT2D eigenvalue weighted by Gasteiger charge is -2.37. The van der Waals surface area contributed by atoms with Crippen LogP contribution >= 0.6 is 11.3 Å². The maximum absolute atomic E-state index is 12.9. The molecule has 1 fully saturated rings. The summed E-state index contributed by atoms with van der Waals surface area (Å²) < 4.78 is 1.11. The van der Waals surface area contributed by atoms with Crippen LogP contribution in [0.15, 0.2) is 18.2 Å². The second kappa shape index (κ2) is 5.34. The normalized spacial score (nSPS) is 22.7. The topological polar surface area (TPSA) is 46.3 Å². The molecule has 2 unspecified atom stereocenters. The molecule has 2 aromatic rings. The number of piperidine rings is 1. The number of nitrogens with zero attached hydrogens (tertiary/aromatic N) is 1. The molecule has 2 N–H and O–H groups in total. The van der Waals surface area contributed by atoms with Crippen LogP contribution in [-0.4, -0.2) is 23.4 Å². The van der Waals surface area contributed by atoms with Gasteiger partial charge in [0.1, 0.15) is 4.88 Å². The van der Waals surface area contributed by atoms with E-state index in [2.05, 4.69) is 26.8 Å². The zero-order valence-electron chi connectivity index (χ0n) is 12.8. The molecule has 0 saturated carbocycles. The fourth-order valence-electron chi connectivity index (χ4n) is 3.14. The lowest BCUT2D eigenvalue weighted by atomic mass is 9.92. The Labute approximate surface area is 129 Å². The molecule has 3 nitrogen and oxygen atoms in total. The number of hydrogen-bond donors (Lipinski definition) is 1. The number of carbonyl (C=O) groups is 1. The number of aryl methyl sites for hydroxylation is 1. The van der Waals surface area contributed by atoms with E-state index in [9.17, 15) is 4.79 Å². The molecular weight excluding hydrogens is 280 g/mol. The molecule has 1 aromatic heterocycles. The fraction of sp³-hybridized carbons (Fsp3) is 0.471. The summed E-state index contributed by atoms with van der Waals surface area (Å²) >= 11 is 1.53. The largest absolute Gasteiger partial charge is 0.397 e. The number of benzene rings is 1. The predicted octanol–water partition coefficient (Wildman–Crippen LogP) is 4.05. The third-order valence-electron chi connectivity index (χ3n) is 4.71. The highest BCUT2D eigenvalue weighted by molar-refractivity contribution is 7.21. The Morgan fingerprint density at radius 2 is 2.14 bits per heavy atom. The Kier molecular flexibility index (Phi) is 3.66. The first-order valence-corrected chi connectivity index (χ1v) is 8.40. The molecule has 112 valence electrons. The van der Waals surface area contributed by atoms with Crippen molar-refractivity contribution in [1.29, 1.82) is 0 Å². The zero-order valence-corrected chi connectivity index (χ0v) is 13.7. The Morgan fingerprint density at radius 3 is 2.90 bits per heavy atom. The van der Waals surface area contributed by atoms with Crippen molar-refractivity contribution in [2.45, 2.75) is 39.7 Å². The van der Waals surface area contributed by atoms with Crippen LogP contribution in [0.5, 0.6) is 0 Å². The van der Waals surface area contributed by atoms with Crippen LogP contribution in [-0.2, 0) is 0 Å². The number of thiophene rings is 1. The lowest BCUT2D eigenvalue weighted by molar-refractivity contribution is 0.0557. The highest BCUT2D eigenvalue weighted by atomic mass is 32.1. The van der Waals surface area contributed by atoms with Gasteiger partial charge in [0.15, 0.2) is 0 Å². The van der Waals surface area contributed by atoms with Gasteiger partial charge in [-0.05, 0) is 44.2 Å². The van der Waals surface area contributed by atoms with Crippen LogP contribution in [0.2, 0.25) is 0 Å².